The lowest BCUT2D eigenvalue weighted by molar-refractivity contribution is 0.191. The van der Waals surface area contributed by atoms with Crippen molar-refractivity contribution < 1.29 is 19.1 Å². The van der Waals surface area contributed by atoms with Gasteiger partial charge in [-0.2, -0.15) is 0 Å². The summed E-state index contributed by atoms with van der Waals surface area (Å²) < 4.78 is 9.80. The quantitative estimate of drug-likeness (QED) is 0.846. The van der Waals surface area contributed by atoms with E-state index in [2.05, 4.69) is 10.6 Å². The maximum Gasteiger partial charge on any atom is 0.412 e. The minimum atomic E-state index is -0.612. The Kier molecular flexibility index (Phi) is 4.59. The van der Waals surface area contributed by atoms with Crippen LogP contribution in [0.2, 0.25) is 0 Å². The lowest BCUT2D eigenvalue weighted by Crippen LogP contribution is -2.27. The number of hydrogen-bond acceptors (Lipinski definition) is 5. The first-order valence-electron chi connectivity index (χ1n) is 4.58. The predicted molar refractivity (Wildman–Crippen MR) is 59.1 cm³/mol. The van der Waals surface area contributed by atoms with Gasteiger partial charge in [0, 0.05) is 24.4 Å². The topological polar surface area (TPSA) is 76.7 Å². The van der Waals surface area contributed by atoms with Crippen molar-refractivity contribution in [3.8, 4) is 11.5 Å². The zero-order valence-corrected chi connectivity index (χ0v) is 9.72. The molecule has 2 N–H and O–H groups in total. The fourth-order valence-electron chi connectivity index (χ4n) is 0.854. The highest BCUT2D eigenvalue weighted by atomic mass is 32.1. The molecule has 0 saturated heterocycles. The summed E-state index contributed by atoms with van der Waals surface area (Å²) in [5.74, 6) is 0.440. The molecule has 0 saturated carbocycles. The Labute approximate surface area is 96.5 Å². The third-order valence-corrected chi connectivity index (χ3v) is 2.22. The molecule has 1 heterocycles. The van der Waals surface area contributed by atoms with Gasteiger partial charge in [0.25, 0.3) is 0 Å². The summed E-state index contributed by atoms with van der Waals surface area (Å²) in [5, 5.41) is 7.91. The van der Waals surface area contributed by atoms with Crippen LogP contribution in [0.5, 0.6) is 11.5 Å². The molecule has 1 aromatic heterocycles. The molecule has 0 aliphatic heterocycles. The fraction of sp³-hybridized carbons (Fsp3) is 0.333. The monoisotopic (exact) mass is 244 g/mol. The Morgan fingerprint density at radius 2 is 1.81 bits per heavy atom. The Bertz CT molecular complexity index is 377. The van der Waals surface area contributed by atoms with Crippen LogP contribution in [0.1, 0.15) is 6.92 Å². The Hall–Kier alpha value is -1.76. The second kappa shape index (κ2) is 5.96. The Morgan fingerprint density at radius 1 is 1.25 bits per heavy atom. The zero-order valence-electron chi connectivity index (χ0n) is 8.90. The molecule has 0 bridgehead atoms. The summed E-state index contributed by atoms with van der Waals surface area (Å²) in [6.45, 7) is 2.24. The van der Waals surface area contributed by atoms with Crippen LogP contribution < -0.4 is 20.1 Å². The van der Waals surface area contributed by atoms with Crippen LogP contribution in [-0.2, 0) is 0 Å². The first kappa shape index (κ1) is 12.3. The van der Waals surface area contributed by atoms with Crippen molar-refractivity contribution in [1.29, 1.82) is 0 Å². The number of hydrogen-bond donors (Lipinski definition) is 2. The van der Waals surface area contributed by atoms with Gasteiger partial charge in [0.15, 0.2) is 11.5 Å². The van der Waals surface area contributed by atoms with Gasteiger partial charge in [0.05, 0.1) is 0 Å². The Morgan fingerprint density at radius 3 is 2.31 bits per heavy atom. The summed E-state index contributed by atoms with van der Waals surface area (Å²) in [6.07, 6.45) is -1.19. The van der Waals surface area contributed by atoms with Crippen molar-refractivity contribution in [1.82, 2.24) is 10.6 Å². The summed E-state index contributed by atoms with van der Waals surface area (Å²) in [4.78, 5) is 22.1. The van der Waals surface area contributed by atoms with Crippen molar-refractivity contribution in [2.45, 2.75) is 6.92 Å². The first-order valence-corrected chi connectivity index (χ1v) is 5.53. The maximum atomic E-state index is 11.1. The molecular formula is C9H12N2O4S. The first-order chi connectivity index (χ1) is 7.67. The van der Waals surface area contributed by atoms with Gasteiger partial charge in [-0.25, -0.2) is 9.59 Å². The number of carbonyl (C=O) groups is 2. The van der Waals surface area contributed by atoms with Crippen LogP contribution in [0.4, 0.5) is 9.59 Å². The lowest BCUT2D eigenvalue weighted by atomic mass is 10.5. The van der Waals surface area contributed by atoms with E-state index in [0.29, 0.717) is 6.54 Å². The third kappa shape index (κ3) is 3.43. The minimum Gasteiger partial charge on any atom is -0.405 e. The standard InChI is InChI=1S/C9H12N2O4S/c1-3-11-9(13)15-7-5-16-4-6(7)14-8(12)10-2/h4-5H,3H2,1-2H3,(H,10,12)(H,11,13). The number of amides is 2. The average Bonchev–Trinajstić information content (AvgIpc) is 2.66. The average molecular weight is 244 g/mol. The number of carbonyl (C=O) groups excluding carboxylic acids is 2. The van der Waals surface area contributed by atoms with E-state index in [4.69, 9.17) is 9.47 Å². The second-order valence-corrected chi connectivity index (χ2v) is 3.40. The summed E-state index contributed by atoms with van der Waals surface area (Å²) in [6, 6.07) is 0. The zero-order chi connectivity index (χ0) is 12.0. The smallest absolute Gasteiger partial charge is 0.405 e. The SMILES string of the molecule is CCNC(=O)Oc1cscc1OC(=O)NC. The molecule has 88 valence electrons. The molecule has 0 unspecified atom stereocenters. The molecule has 1 aromatic rings. The number of nitrogens with one attached hydrogen (secondary N) is 2. The molecule has 0 atom stereocenters. The number of rotatable bonds is 3. The van der Waals surface area contributed by atoms with E-state index in [1.807, 2.05) is 0 Å². The molecule has 16 heavy (non-hydrogen) atoms. The van der Waals surface area contributed by atoms with Crippen LogP contribution >= 0.6 is 11.3 Å². The van der Waals surface area contributed by atoms with Crippen LogP contribution in [-0.4, -0.2) is 25.8 Å². The molecular weight excluding hydrogens is 232 g/mol. The normalized spacial score (nSPS) is 9.38. The molecule has 0 aliphatic rings. The van der Waals surface area contributed by atoms with E-state index in [0.717, 1.165) is 0 Å². The molecule has 0 aliphatic carbocycles. The highest BCUT2D eigenvalue weighted by Gasteiger charge is 2.13. The van der Waals surface area contributed by atoms with E-state index in [-0.39, 0.29) is 11.5 Å². The van der Waals surface area contributed by atoms with Gasteiger partial charge in [-0.1, -0.05) is 0 Å². The van der Waals surface area contributed by atoms with Gasteiger partial charge in [-0.3, -0.25) is 0 Å². The summed E-state index contributed by atoms with van der Waals surface area (Å²) in [5.41, 5.74) is 0. The van der Waals surface area contributed by atoms with Crippen molar-refractivity contribution in [3.05, 3.63) is 10.8 Å². The lowest BCUT2D eigenvalue weighted by Gasteiger charge is -2.06. The van der Waals surface area contributed by atoms with E-state index in [1.165, 1.54) is 18.4 Å². The van der Waals surface area contributed by atoms with Gasteiger partial charge < -0.3 is 20.1 Å². The van der Waals surface area contributed by atoms with Gasteiger partial charge in [-0.15, -0.1) is 11.3 Å². The summed E-state index contributed by atoms with van der Waals surface area (Å²) >= 11 is 1.27. The van der Waals surface area contributed by atoms with Crippen LogP contribution in [0.25, 0.3) is 0 Å². The molecule has 2 amide bonds. The minimum absolute atomic E-state index is 0.218. The van der Waals surface area contributed by atoms with Crippen LogP contribution in [0, 0.1) is 0 Å². The molecule has 0 aromatic carbocycles. The van der Waals surface area contributed by atoms with E-state index in [1.54, 1.807) is 17.7 Å². The largest absolute Gasteiger partial charge is 0.412 e. The molecule has 7 heteroatoms. The summed E-state index contributed by atoms with van der Waals surface area (Å²) in [7, 11) is 1.44. The number of thiophene rings is 1. The van der Waals surface area contributed by atoms with Crippen LogP contribution in [0.3, 0.4) is 0 Å². The highest BCUT2D eigenvalue weighted by molar-refractivity contribution is 7.08. The van der Waals surface area contributed by atoms with E-state index in [9.17, 15) is 9.59 Å². The van der Waals surface area contributed by atoms with E-state index >= 15 is 0 Å². The molecule has 0 radical (unpaired) electrons. The predicted octanol–water partition coefficient (Wildman–Crippen LogP) is 1.57. The van der Waals surface area contributed by atoms with Crippen molar-refractivity contribution in [3.63, 3.8) is 0 Å². The van der Waals surface area contributed by atoms with E-state index < -0.39 is 12.2 Å². The van der Waals surface area contributed by atoms with Crippen LogP contribution in [0.15, 0.2) is 10.8 Å². The maximum absolute atomic E-state index is 11.1. The van der Waals surface area contributed by atoms with Gasteiger partial charge in [0.2, 0.25) is 0 Å². The van der Waals surface area contributed by atoms with Gasteiger partial charge in [0.1, 0.15) is 0 Å². The molecule has 0 fully saturated rings. The third-order valence-electron chi connectivity index (χ3n) is 1.52. The molecule has 0 spiro atoms. The molecule has 1 rings (SSSR count). The van der Waals surface area contributed by atoms with Gasteiger partial charge >= 0.3 is 12.2 Å². The fourth-order valence-corrected chi connectivity index (χ4v) is 1.50. The number of ether oxygens (including phenoxy) is 2. The van der Waals surface area contributed by atoms with Crippen molar-refractivity contribution in [2.24, 2.45) is 0 Å². The molecule has 6 nitrogen and oxygen atoms in total. The highest BCUT2D eigenvalue weighted by Crippen LogP contribution is 2.31. The van der Waals surface area contributed by atoms with Gasteiger partial charge in [-0.05, 0) is 6.92 Å². The second-order valence-electron chi connectivity index (χ2n) is 2.66. The van der Waals surface area contributed by atoms with Crippen molar-refractivity contribution in [2.75, 3.05) is 13.6 Å². The van der Waals surface area contributed by atoms with Crippen molar-refractivity contribution >= 4 is 23.5 Å². The Balaban J connectivity index is 2.63.